The highest BCUT2D eigenvalue weighted by molar-refractivity contribution is 7.11. The lowest BCUT2D eigenvalue weighted by Crippen LogP contribution is -2.17. The standard InChI is InChI=1S/C13H12N2O3S/c1-18-12-7-9(4-5-11(12)16)13(17)15-14-8-10-3-2-6-19-10/h2-8,16H,1H3,(H,15,17). The van der Waals surface area contributed by atoms with Crippen molar-refractivity contribution in [2.75, 3.05) is 7.11 Å². The Morgan fingerprint density at radius 3 is 3.00 bits per heavy atom. The van der Waals surface area contributed by atoms with E-state index in [2.05, 4.69) is 10.5 Å². The van der Waals surface area contributed by atoms with E-state index < -0.39 is 0 Å². The number of phenolic OH excluding ortho intramolecular Hbond substituents is 1. The monoisotopic (exact) mass is 276 g/mol. The van der Waals surface area contributed by atoms with Gasteiger partial charge in [0, 0.05) is 10.4 Å². The topological polar surface area (TPSA) is 70.9 Å². The minimum Gasteiger partial charge on any atom is -0.504 e. The van der Waals surface area contributed by atoms with Gasteiger partial charge in [0.2, 0.25) is 0 Å². The quantitative estimate of drug-likeness (QED) is 0.664. The molecule has 1 aromatic heterocycles. The molecule has 0 bridgehead atoms. The summed E-state index contributed by atoms with van der Waals surface area (Å²) in [6, 6.07) is 8.14. The van der Waals surface area contributed by atoms with Crippen molar-refractivity contribution in [3.8, 4) is 11.5 Å². The highest BCUT2D eigenvalue weighted by Gasteiger charge is 2.08. The third kappa shape index (κ3) is 3.32. The minimum absolute atomic E-state index is 0.0128. The summed E-state index contributed by atoms with van der Waals surface area (Å²) in [7, 11) is 1.42. The van der Waals surface area contributed by atoms with E-state index in [1.54, 1.807) is 6.21 Å². The lowest BCUT2D eigenvalue weighted by molar-refractivity contribution is 0.0955. The molecule has 98 valence electrons. The van der Waals surface area contributed by atoms with Gasteiger partial charge in [-0.3, -0.25) is 4.79 Å². The number of thiophene rings is 1. The molecule has 2 N–H and O–H groups in total. The summed E-state index contributed by atoms with van der Waals surface area (Å²) in [5.74, 6) is -0.137. The molecule has 1 aromatic carbocycles. The molecule has 0 aliphatic carbocycles. The molecular formula is C13H12N2O3S. The maximum atomic E-state index is 11.8. The number of hydrazone groups is 1. The summed E-state index contributed by atoms with van der Waals surface area (Å²) in [6.45, 7) is 0. The van der Waals surface area contributed by atoms with Crippen LogP contribution in [0.1, 0.15) is 15.2 Å². The molecule has 0 fully saturated rings. The number of phenols is 1. The van der Waals surface area contributed by atoms with Gasteiger partial charge in [0.25, 0.3) is 5.91 Å². The van der Waals surface area contributed by atoms with E-state index >= 15 is 0 Å². The van der Waals surface area contributed by atoms with Gasteiger partial charge in [-0.2, -0.15) is 5.10 Å². The Bertz CT molecular complexity index is 594. The van der Waals surface area contributed by atoms with E-state index in [-0.39, 0.29) is 17.4 Å². The molecule has 0 saturated heterocycles. The van der Waals surface area contributed by atoms with Gasteiger partial charge in [-0.25, -0.2) is 5.43 Å². The maximum absolute atomic E-state index is 11.8. The fourth-order valence-corrected chi connectivity index (χ4v) is 1.99. The van der Waals surface area contributed by atoms with E-state index in [0.29, 0.717) is 5.56 Å². The highest BCUT2D eigenvalue weighted by atomic mass is 32.1. The zero-order chi connectivity index (χ0) is 13.7. The second kappa shape index (κ2) is 6.01. The van der Waals surface area contributed by atoms with Crippen molar-refractivity contribution in [2.45, 2.75) is 0 Å². The van der Waals surface area contributed by atoms with Gasteiger partial charge >= 0.3 is 0 Å². The van der Waals surface area contributed by atoms with Crippen LogP contribution in [-0.4, -0.2) is 24.3 Å². The fourth-order valence-electron chi connectivity index (χ4n) is 1.40. The Morgan fingerprint density at radius 1 is 1.47 bits per heavy atom. The Kier molecular flexibility index (Phi) is 4.15. The van der Waals surface area contributed by atoms with Crippen molar-refractivity contribution in [3.05, 3.63) is 46.2 Å². The third-order valence-electron chi connectivity index (χ3n) is 2.34. The molecule has 1 amide bonds. The van der Waals surface area contributed by atoms with Crippen LogP contribution in [0.4, 0.5) is 0 Å². The van der Waals surface area contributed by atoms with E-state index in [1.807, 2.05) is 17.5 Å². The number of carbonyl (C=O) groups is 1. The van der Waals surface area contributed by atoms with Gasteiger partial charge in [-0.1, -0.05) is 6.07 Å². The minimum atomic E-state index is -0.369. The maximum Gasteiger partial charge on any atom is 0.271 e. The number of hydrogen-bond acceptors (Lipinski definition) is 5. The fraction of sp³-hybridized carbons (Fsp3) is 0.0769. The summed E-state index contributed by atoms with van der Waals surface area (Å²) < 4.78 is 4.93. The Balaban J connectivity index is 2.04. The van der Waals surface area contributed by atoms with E-state index in [1.165, 1.54) is 36.6 Å². The lowest BCUT2D eigenvalue weighted by atomic mass is 10.2. The summed E-state index contributed by atoms with van der Waals surface area (Å²) in [6.07, 6.45) is 1.57. The van der Waals surface area contributed by atoms with Gasteiger partial charge in [0.05, 0.1) is 13.3 Å². The smallest absolute Gasteiger partial charge is 0.271 e. The molecule has 1 heterocycles. The van der Waals surface area contributed by atoms with Crippen molar-refractivity contribution < 1.29 is 14.6 Å². The molecule has 0 aliphatic heterocycles. The predicted octanol–water partition coefficient (Wildman–Crippen LogP) is 2.23. The van der Waals surface area contributed by atoms with Crippen molar-refractivity contribution in [3.63, 3.8) is 0 Å². The average Bonchev–Trinajstić information content (AvgIpc) is 2.92. The number of nitrogens with zero attached hydrogens (tertiary/aromatic N) is 1. The number of nitrogens with one attached hydrogen (secondary N) is 1. The number of ether oxygens (including phenoxy) is 1. The van der Waals surface area contributed by atoms with E-state index in [0.717, 1.165) is 4.88 Å². The molecular weight excluding hydrogens is 264 g/mol. The van der Waals surface area contributed by atoms with Crippen molar-refractivity contribution in [1.29, 1.82) is 0 Å². The Hall–Kier alpha value is -2.34. The molecule has 0 saturated carbocycles. The SMILES string of the molecule is COc1cc(C(=O)NN=Cc2cccs2)ccc1O. The van der Waals surface area contributed by atoms with Gasteiger partial charge in [0.15, 0.2) is 11.5 Å². The summed E-state index contributed by atoms with van der Waals surface area (Å²) in [5.41, 5.74) is 2.77. The van der Waals surface area contributed by atoms with Crippen molar-refractivity contribution in [2.24, 2.45) is 5.10 Å². The molecule has 19 heavy (non-hydrogen) atoms. The van der Waals surface area contributed by atoms with Crippen molar-refractivity contribution >= 4 is 23.5 Å². The van der Waals surface area contributed by atoms with Crippen LogP contribution in [0.25, 0.3) is 0 Å². The second-order valence-electron chi connectivity index (χ2n) is 3.60. The molecule has 0 aliphatic rings. The molecule has 0 radical (unpaired) electrons. The summed E-state index contributed by atoms with van der Waals surface area (Å²) >= 11 is 1.52. The number of rotatable bonds is 4. The average molecular weight is 276 g/mol. The van der Waals surface area contributed by atoms with Crippen LogP contribution in [0.5, 0.6) is 11.5 Å². The van der Waals surface area contributed by atoms with Gasteiger partial charge < -0.3 is 9.84 Å². The number of benzene rings is 1. The Morgan fingerprint density at radius 2 is 2.32 bits per heavy atom. The van der Waals surface area contributed by atoms with Gasteiger partial charge in [0.1, 0.15) is 0 Å². The first-order chi connectivity index (χ1) is 9.20. The first kappa shape index (κ1) is 13.1. The molecule has 6 heteroatoms. The molecule has 5 nitrogen and oxygen atoms in total. The largest absolute Gasteiger partial charge is 0.504 e. The van der Waals surface area contributed by atoms with Crippen molar-refractivity contribution in [1.82, 2.24) is 5.43 Å². The van der Waals surface area contributed by atoms with Gasteiger partial charge in [-0.15, -0.1) is 11.3 Å². The molecule has 0 atom stereocenters. The van der Waals surface area contributed by atoms with Crippen LogP contribution in [0.2, 0.25) is 0 Å². The van der Waals surface area contributed by atoms with Crippen LogP contribution < -0.4 is 10.2 Å². The molecule has 2 rings (SSSR count). The third-order valence-corrected chi connectivity index (χ3v) is 3.15. The number of hydrogen-bond donors (Lipinski definition) is 2. The zero-order valence-corrected chi connectivity index (χ0v) is 11.0. The second-order valence-corrected chi connectivity index (χ2v) is 4.58. The first-order valence-corrected chi connectivity index (χ1v) is 6.32. The highest BCUT2D eigenvalue weighted by Crippen LogP contribution is 2.26. The van der Waals surface area contributed by atoms with E-state index in [9.17, 15) is 9.90 Å². The molecule has 0 unspecified atom stereocenters. The first-order valence-electron chi connectivity index (χ1n) is 5.44. The molecule has 0 spiro atoms. The van der Waals surface area contributed by atoms with E-state index in [4.69, 9.17) is 4.74 Å². The summed E-state index contributed by atoms with van der Waals surface area (Å²) in [5, 5.41) is 15.2. The molecule has 2 aromatic rings. The van der Waals surface area contributed by atoms with Crippen LogP contribution in [0, 0.1) is 0 Å². The number of carbonyl (C=O) groups excluding carboxylic acids is 1. The number of methoxy groups -OCH3 is 1. The summed E-state index contributed by atoms with van der Waals surface area (Å²) in [4.78, 5) is 12.7. The number of amides is 1. The van der Waals surface area contributed by atoms with Gasteiger partial charge in [-0.05, 0) is 29.6 Å². The Labute approximate surface area is 114 Å². The predicted molar refractivity (Wildman–Crippen MR) is 74.0 cm³/mol. The normalized spacial score (nSPS) is 10.6. The van der Waals surface area contributed by atoms with Crippen LogP contribution in [0.3, 0.4) is 0 Å². The van der Waals surface area contributed by atoms with Crippen LogP contribution in [0.15, 0.2) is 40.8 Å². The number of aromatic hydroxyl groups is 1. The lowest BCUT2D eigenvalue weighted by Gasteiger charge is -2.05. The van der Waals surface area contributed by atoms with Crippen LogP contribution >= 0.6 is 11.3 Å². The van der Waals surface area contributed by atoms with Crippen LogP contribution in [-0.2, 0) is 0 Å². The zero-order valence-electron chi connectivity index (χ0n) is 10.2.